The summed E-state index contributed by atoms with van der Waals surface area (Å²) in [5.74, 6) is -0.893. The first-order chi connectivity index (χ1) is 16.9. The van der Waals surface area contributed by atoms with E-state index in [0.717, 1.165) is 23.3 Å². The van der Waals surface area contributed by atoms with Gasteiger partial charge in [-0.05, 0) is 25.1 Å². The number of hydrogen-bond donors (Lipinski definition) is 0. The van der Waals surface area contributed by atoms with Crippen LogP contribution in [0.25, 0.3) is 11.3 Å². The molecule has 0 atom stereocenters. The molecule has 0 radical (unpaired) electrons. The van der Waals surface area contributed by atoms with E-state index in [2.05, 4.69) is 10.1 Å². The normalized spacial score (nSPS) is 13.1. The molecule has 0 saturated heterocycles. The summed E-state index contributed by atoms with van der Waals surface area (Å²) in [6.45, 7) is 1.93. The molecule has 0 saturated carbocycles. The summed E-state index contributed by atoms with van der Waals surface area (Å²) in [7, 11) is 0. The zero-order chi connectivity index (χ0) is 24.5. The third-order valence-corrected chi connectivity index (χ3v) is 6.01. The highest BCUT2D eigenvalue weighted by atomic mass is 32.1. The van der Waals surface area contributed by atoms with Crippen LogP contribution in [0.15, 0.2) is 70.1 Å². The number of aryl methyl sites for hydroxylation is 1. The van der Waals surface area contributed by atoms with Gasteiger partial charge in [-0.1, -0.05) is 29.8 Å². The number of aromatic nitrogens is 1. The molecular formula is C24H16F2N4O4S. The predicted octanol–water partition coefficient (Wildman–Crippen LogP) is 5.55. The van der Waals surface area contributed by atoms with Crippen LogP contribution in [0.3, 0.4) is 0 Å². The fraction of sp³-hybridized carbons (Fsp3) is 0.0833. The number of nitro benzene ring substituents is 1. The van der Waals surface area contributed by atoms with E-state index >= 15 is 0 Å². The van der Waals surface area contributed by atoms with E-state index in [0.29, 0.717) is 11.4 Å². The Hall–Kier alpha value is -4.38. The van der Waals surface area contributed by atoms with Gasteiger partial charge in [0.25, 0.3) is 5.69 Å². The molecule has 5 rings (SSSR count). The lowest BCUT2D eigenvalue weighted by molar-refractivity contribution is -0.385. The van der Waals surface area contributed by atoms with Gasteiger partial charge in [0.15, 0.2) is 17.3 Å². The molecule has 0 N–H and O–H groups in total. The molecule has 1 aromatic heterocycles. The Morgan fingerprint density at radius 1 is 1.09 bits per heavy atom. The summed E-state index contributed by atoms with van der Waals surface area (Å²) in [4.78, 5) is 15.7. The van der Waals surface area contributed by atoms with Crippen molar-refractivity contribution in [1.82, 2.24) is 4.68 Å². The van der Waals surface area contributed by atoms with Gasteiger partial charge in [0.05, 0.1) is 28.5 Å². The first-order valence-corrected chi connectivity index (χ1v) is 11.2. The Bertz CT molecular complexity index is 1540. The minimum absolute atomic E-state index is 0.0315. The van der Waals surface area contributed by atoms with Crippen LogP contribution in [0.1, 0.15) is 11.1 Å². The average Bonchev–Trinajstić information content (AvgIpc) is 3.45. The summed E-state index contributed by atoms with van der Waals surface area (Å²) in [5, 5.41) is 17.9. The number of fused-ring (bicyclic) bond motifs is 1. The number of hydrogen-bond acceptors (Lipinski definition) is 7. The van der Waals surface area contributed by atoms with Crippen molar-refractivity contribution in [2.45, 2.75) is 6.92 Å². The fourth-order valence-electron chi connectivity index (χ4n) is 3.41. The average molecular weight is 494 g/mol. The number of halogens is 2. The van der Waals surface area contributed by atoms with Gasteiger partial charge in [-0.15, -0.1) is 11.3 Å². The van der Waals surface area contributed by atoms with Gasteiger partial charge in [-0.3, -0.25) is 10.1 Å². The van der Waals surface area contributed by atoms with Crippen LogP contribution in [-0.2, 0) is 0 Å². The second-order valence-electron chi connectivity index (χ2n) is 7.55. The van der Waals surface area contributed by atoms with E-state index in [-0.39, 0.29) is 34.3 Å². The van der Waals surface area contributed by atoms with Crippen molar-refractivity contribution in [2.75, 3.05) is 6.79 Å². The van der Waals surface area contributed by atoms with Crippen LogP contribution in [-0.4, -0.2) is 22.6 Å². The van der Waals surface area contributed by atoms with Crippen molar-refractivity contribution in [3.63, 3.8) is 0 Å². The number of nitrogens with zero attached hydrogens (tertiary/aromatic N) is 4. The molecule has 1 aliphatic rings. The lowest BCUT2D eigenvalue weighted by atomic mass is 10.1. The molecule has 1 aliphatic heterocycles. The van der Waals surface area contributed by atoms with E-state index < -0.39 is 16.6 Å². The summed E-state index contributed by atoms with van der Waals surface area (Å²) in [6.07, 6.45) is 1.31. The van der Waals surface area contributed by atoms with Gasteiger partial charge in [0.2, 0.25) is 11.6 Å². The fourth-order valence-corrected chi connectivity index (χ4v) is 4.26. The molecule has 0 bridgehead atoms. The Morgan fingerprint density at radius 2 is 1.83 bits per heavy atom. The molecule has 176 valence electrons. The van der Waals surface area contributed by atoms with Crippen LogP contribution < -0.4 is 14.3 Å². The number of ether oxygens (including phenoxy) is 2. The Morgan fingerprint density at radius 3 is 2.54 bits per heavy atom. The molecule has 35 heavy (non-hydrogen) atoms. The maximum Gasteiger partial charge on any atom is 0.282 e. The van der Waals surface area contributed by atoms with Crippen molar-refractivity contribution < 1.29 is 23.2 Å². The summed E-state index contributed by atoms with van der Waals surface area (Å²) >= 11 is 1.19. The molecular weight excluding hydrogens is 478 g/mol. The SMILES string of the molecule is Cc1ccc(-c2csc(=Nc3ccc(F)cc3F)n2N=Cc2cc3c(cc2[N+](=O)[O-])OCO3)cc1. The van der Waals surface area contributed by atoms with Gasteiger partial charge in [0, 0.05) is 17.0 Å². The number of benzene rings is 3. The van der Waals surface area contributed by atoms with Crippen LogP contribution in [0, 0.1) is 28.7 Å². The Labute approximate surface area is 201 Å². The molecule has 2 heterocycles. The monoisotopic (exact) mass is 494 g/mol. The van der Waals surface area contributed by atoms with Crippen LogP contribution >= 0.6 is 11.3 Å². The van der Waals surface area contributed by atoms with Crippen LogP contribution in [0.5, 0.6) is 11.5 Å². The number of nitro groups is 1. The second-order valence-corrected chi connectivity index (χ2v) is 8.39. The van der Waals surface area contributed by atoms with Crippen molar-refractivity contribution in [3.8, 4) is 22.8 Å². The van der Waals surface area contributed by atoms with Crippen LogP contribution in [0.2, 0.25) is 0 Å². The quantitative estimate of drug-likeness (QED) is 0.207. The molecule has 3 aromatic carbocycles. The molecule has 11 heteroatoms. The highest BCUT2D eigenvalue weighted by Crippen LogP contribution is 2.37. The van der Waals surface area contributed by atoms with Gasteiger partial charge in [-0.25, -0.2) is 18.4 Å². The molecule has 0 spiro atoms. The van der Waals surface area contributed by atoms with Crippen molar-refractivity contribution in [2.24, 2.45) is 10.1 Å². The van der Waals surface area contributed by atoms with E-state index in [1.54, 1.807) is 5.38 Å². The van der Waals surface area contributed by atoms with Gasteiger partial charge in [0.1, 0.15) is 11.5 Å². The summed E-state index contributed by atoms with van der Waals surface area (Å²) in [6, 6.07) is 13.5. The molecule has 4 aromatic rings. The minimum atomic E-state index is -0.822. The third kappa shape index (κ3) is 4.53. The van der Waals surface area contributed by atoms with Gasteiger partial charge in [-0.2, -0.15) is 5.10 Å². The second kappa shape index (κ2) is 9.11. The van der Waals surface area contributed by atoms with Crippen molar-refractivity contribution >= 4 is 28.9 Å². The first-order valence-electron chi connectivity index (χ1n) is 10.3. The van der Waals surface area contributed by atoms with Crippen molar-refractivity contribution in [3.05, 3.63) is 97.7 Å². The standard InChI is InChI=1S/C24H16F2N4O4S/c1-14-2-4-15(5-3-14)21-12-35-24(28-19-7-6-17(25)9-18(19)26)29(21)27-11-16-8-22-23(34-13-33-22)10-20(16)30(31)32/h2-12H,13H2,1H3. The predicted molar refractivity (Wildman–Crippen MR) is 126 cm³/mol. The van der Waals surface area contributed by atoms with Crippen molar-refractivity contribution in [1.29, 1.82) is 0 Å². The highest BCUT2D eigenvalue weighted by molar-refractivity contribution is 7.07. The lowest BCUT2D eigenvalue weighted by Gasteiger charge is -2.05. The maximum atomic E-state index is 14.3. The number of rotatable bonds is 5. The zero-order valence-corrected chi connectivity index (χ0v) is 19.0. The first kappa shape index (κ1) is 22.4. The molecule has 0 aliphatic carbocycles. The van der Waals surface area contributed by atoms with E-state index in [1.807, 2.05) is 31.2 Å². The van der Waals surface area contributed by atoms with E-state index in [1.165, 1.54) is 40.4 Å². The maximum absolute atomic E-state index is 14.3. The topological polar surface area (TPSA) is 91.2 Å². The van der Waals surface area contributed by atoms with Gasteiger partial charge < -0.3 is 9.47 Å². The molecule has 0 unspecified atom stereocenters. The minimum Gasteiger partial charge on any atom is -0.454 e. The Kier molecular flexibility index (Phi) is 5.83. The summed E-state index contributed by atoms with van der Waals surface area (Å²) < 4.78 is 39.7. The molecule has 0 amide bonds. The third-order valence-electron chi connectivity index (χ3n) is 5.19. The lowest BCUT2D eigenvalue weighted by Crippen LogP contribution is -2.12. The molecule has 8 nitrogen and oxygen atoms in total. The largest absolute Gasteiger partial charge is 0.454 e. The van der Waals surface area contributed by atoms with E-state index in [9.17, 15) is 18.9 Å². The smallest absolute Gasteiger partial charge is 0.282 e. The van der Waals surface area contributed by atoms with Crippen LogP contribution in [0.4, 0.5) is 20.2 Å². The summed E-state index contributed by atoms with van der Waals surface area (Å²) in [5.41, 5.74) is 2.41. The molecule has 0 fully saturated rings. The Balaban J connectivity index is 1.66. The van der Waals surface area contributed by atoms with E-state index in [4.69, 9.17) is 9.47 Å². The van der Waals surface area contributed by atoms with Gasteiger partial charge >= 0.3 is 0 Å². The number of thiazole rings is 1. The zero-order valence-electron chi connectivity index (χ0n) is 18.1. The highest BCUT2D eigenvalue weighted by Gasteiger charge is 2.22.